The molecule has 0 saturated carbocycles. The van der Waals surface area contributed by atoms with E-state index in [2.05, 4.69) is 5.32 Å². The van der Waals surface area contributed by atoms with Crippen molar-refractivity contribution >= 4 is 33.5 Å². The van der Waals surface area contributed by atoms with Crippen LogP contribution in [0, 0.1) is 6.92 Å². The summed E-state index contributed by atoms with van der Waals surface area (Å²) in [6.07, 6.45) is 0. The van der Waals surface area contributed by atoms with Gasteiger partial charge in [0.2, 0.25) is 5.43 Å². The molecule has 6 nitrogen and oxygen atoms in total. The van der Waals surface area contributed by atoms with Gasteiger partial charge in [-0.15, -0.1) is 0 Å². The Balaban J connectivity index is 1.59. The van der Waals surface area contributed by atoms with E-state index < -0.39 is 0 Å². The third-order valence-corrected chi connectivity index (χ3v) is 4.52. The molecule has 0 radical (unpaired) electrons. The van der Waals surface area contributed by atoms with Crippen LogP contribution in [0.2, 0.25) is 0 Å². The third kappa shape index (κ3) is 3.78. The Bertz CT molecular complexity index is 1280. The van der Waals surface area contributed by atoms with E-state index in [1.54, 1.807) is 42.5 Å². The van der Waals surface area contributed by atoms with E-state index in [4.69, 9.17) is 13.9 Å². The zero-order chi connectivity index (χ0) is 20.4. The van der Waals surface area contributed by atoms with E-state index in [9.17, 15) is 9.59 Å². The number of benzene rings is 3. The Labute approximate surface area is 166 Å². The van der Waals surface area contributed by atoms with Crippen LogP contribution in [0.15, 0.2) is 69.9 Å². The zero-order valence-electron chi connectivity index (χ0n) is 16.0. The van der Waals surface area contributed by atoms with Gasteiger partial charge in [0.15, 0.2) is 17.9 Å². The summed E-state index contributed by atoms with van der Waals surface area (Å²) < 4.78 is 16.7. The summed E-state index contributed by atoms with van der Waals surface area (Å²) in [6, 6.07) is 17.6. The quantitative estimate of drug-likeness (QED) is 0.516. The summed E-state index contributed by atoms with van der Waals surface area (Å²) in [6.45, 7) is 1.82. The third-order valence-electron chi connectivity index (χ3n) is 4.52. The van der Waals surface area contributed by atoms with Crippen molar-refractivity contribution in [2.24, 2.45) is 0 Å². The van der Waals surface area contributed by atoms with Crippen LogP contribution in [-0.4, -0.2) is 19.6 Å². The summed E-state index contributed by atoms with van der Waals surface area (Å²) in [5, 5.41) is 3.63. The fraction of sp³-hybridized carbons (Fsp3) is 0.130. The minimum atomic E-state index is -0.313. The Morgan fingerprint density at radius 2 is 1.86 bits per heavy atom. The lowest BCUT2D eigenvalue weighted by Crippen LogP contribution is -2.20. The average molecular weight is 389 g/mol. The zero-order valence-corrected chi connectivity index (χ0v) is 16.0. The van der Waals surface area contributed by atoms with Crippen molar-refractivity contribution in [3.63, 3.8) is 0 Å². The molecule has 1 N–H and O–H groups in total. The van der Waals surface area contributed by atoms with Crippen LogP contribution in [0.25, 0.3) is 21.9 Å². The van der Waals surface area contributed by atoms with Gasteiger partial charge in [-0.3, -0.25) is 9.59 Å². The molecule has 0 saturated heterocycles. The van der Waals surface area contributed by atoms with Crippen molar-refractivity contribution in [3.05, 3.63) is 76.5 Å². The van der Waals surface area contributed by atoms with Crippen LogP contribution in [0.3, 0.4) is 0 Å². The van der Waals surface area contributed by atoms with Crippen LogP contribution in [0.4, 0.5) is 5.69 Å². The maximum Gasteiger partial charge on any atom is 0.262 e. The van der Waals surface area contributed by atoms with Crippen molar-refractivity contribution in [2.75, 3.05) is 19.0 Å². The van der Waals surface area contributed by atoms with Crippen molar-refractivity contribution in [2.45, 2.75) is 6.92 Å². The summed E-state index contributed by atoms with van der Waals surface area (Å²) >= 11 is 0. The Kier molecular flexibility index (Phi) is 4.91. The number of anilines is 1. The summed E-state index contributed by atoms with van der Waals surface area (Å²) in [5.41, 5.74) is 2.15. The van der Waals surface area contributed by atoms with Gasteiger partial charge in [-0.05, 0) is 48.9 Å². The van der Waals surface area contributed by atoms with Gasteiger partial charge in [0.05, 0.1) is 17.9 Å². The lowest BCUT2D eigenvalue weighted by molar-refractivity contribution is -0.118. The summed E-state index contributed by atoms with van der Waals surface area (Å²) in [5.74, 6) is 0.789. The number of para-hydroxylation sites is 1. The van der Waals surface area contributed by atoms with Crippen LogP contribution >= 0.6 is 0 Å². The normalized spacial score (nSPS) is 10.8. The number of nitrogens with one attached hydrogen (secondary N) is 1. The predicted octanol–water partition coefficient (Wildman–Crippen LogP) is 4.28. The largest absolute Gasteiger partial charge is 0.493 e. The number of carbonyl (C=O) groups excluding carboxylic acids is 1. The van der Waals surface area contributed by atoms with E-state index in [1.165, 1.54) is 7.11 Å². The van der Waals surface area contributed by atoms with E-state index >= 15 is 0 Å². The van der Waals surface area contributed by atoms with Gasteiger partial charge >= 0.3 is 0 Å². The summed E-state index contributed by atoms with van der Waals surface area (Å²) in [7, 11) is 1.52. The number of fused-ring (bicyclic) bond motifs is 2. The Morgan fingerprint density at radius 1 is 1.03 bits per heavy atom. The maximum atomic E-state index is 12.8. The van der Waals surface area contributed by atoms with Gasteiger partial charge in [-0.2, -0.15) is 0 Å². The van der Waals surface area contributed by atoms with Gasteiger partial charge in [0, 0.05) is 11.8 Å². The number of rotatable bonds is 5. The first-order chi connectivity index (χ1) is 14.0. The highest BCUT2D eigenvalue weighted by molar-refractivity contribution is 5.96. The molecule has 0 aliphatic rings. The molecule has 0 bridgehead atoms. The molecule has 1 amide bonds. The smallest absolute Gasteiger partial charge is 0.262 e. The first-order valence-corrected chi connectivity index (χ1v) is 9.08. The second kappa shape index (κ2) is 7.67. The molecule has 0 spiro atoms. The second-order valence-electron chi connectivity index (χ2n) is 6.63. The van der Waals surface area contributed by atoms with E-state index in [0.717, 1.165) is 5.56 Å². The van der Waals surface area contributed by atoms with Crippen LogP contribution in [0.5, 0.6) is 11.5 Å². The average Bonchev–Trinajstić information content (AvgIpc) is 2.72. The standard InChI is InChI=1S/C23H19NO5/c1-14-5-3-6-16(11-14)28-13-21(25)24-15-9-10-17-20(12-15)29-23-18(22(17)26)7-4-8-19(23)27-2/h3-12H,13H2,1-2H3,(H,24,25). The first-order valence-electron chi connectivity index (χ1n) is 9.08. The molecule has 1 heterocycles. The Hall–Kier alpha value is -3.80. The molecule has 0 fully saturated rings. The molecular weight excluding hydrogens is 370 g/mol. The monoisotopic (exact) mass is 389 g/mol. The topological polar surface area (TPSA) is 77.8 Å². The molecule has 29 heavy (non-hydrogen) atoms. The predicted molar refractivity (Wildman–Crippen MR) is 112 cm³/mol. The SMILES string of the molecule is COc1cccc2c(=O)c3ccc(NC(=O)COc4cccc(C)c4)cc3oc12. The molecule has 6 heteroatoms. The maximum absolute atomic E-state index is 12.8. The van der Waals surface area contributed by atoms with Crippen molar-refractivity contribution in [1.29, 1.82) is 0 Å². The van der Waals surface area contributed by atoms with E-state index in [-0.39, 0.29) is 17.9 Å². The lowest BCUT2D eigenvalue weighted by atomic mass is 10.1. The van der Waals surface area contributed by atoms with E-state index in [1.807, 2.05) is 25.1 Å². The van der Waals surface area contributed by atoms with Gasteiger partial charge < -0.3 is 19.2 Å². The van der Waals surface area contributed by atoms with Crippen LogP contribution in [0.1, 0.15) is 5.56 Å². The number of aryl methyl sites for hydroxylation is 1. The molecule has 4 aromatic rings. The highest BCUT2D eigenvalue weighted by Gasteiger charge is 2.12. The molecule has 4 rings (SSSR count). The molecule has 0 atom stereocenters. The Morgan fingerprint density at radius 3 is 2.66 bits per heavy atom. The van der Waals surface area contributed by atoms with Gasteiger partial charge in [-0.25, -0.2) is 0 Å². The van der Waals surface area contributed by atoms with E-state index in [0.29, 0.717) is 39.1 Å². The van der Waals surface area contributed by atoms with Crippen LogP contribution < -0.4 is 20.2 Å². The van der Waals surface area contributed by atoms with Crippen molar-refractivity contribution < 1.29 is 18.7 Å². The fourth-order valence-corrected chi connectivity index (χ4v) is 3.14. The first kappa shape index (κ1) is 18.6. The number of ether oxygens (including phenoxy) is 2. The number of methoxy groups -OCH3 is 1. The number of hydrogen-bond donors (Lipinski definition) is 1. The number of hydrogen-bond acceptors (Lipinski definition) is 5. The minimum Gasteiger partial charge on any atom is -0.493 e. The second-order valence-corrected chi connectivity index (χ2v) is 6.63. The molecule has 0 unspecified atom stereocenters. The van der Waals surface area contributed by atoms with Crippen molar-refractivity contribution in [1.82, 2.24) is 0 Å². The van der Waals surface area contributed by atoms with Gasteiger partial charge in [0.1, 0.15) is 11.3 Å². The fourth-order valence-electron chi connectivity index (χ4n) is 3.14. The minimum absolute atomic E-state index is 0.128. The molecule has 1 aromatic heterocycles. The number of carbonyl (C=O) groups is 1. The van der Waals surface area contributed by atoms with Gasteiger partial charge in [0.25, 0.3) is 5.91 Å². The highest BCUT2D eigenvalue weighted by Crippen LogP contribution is 2.28. The molecular formula is C23H19NO5. The van der Waals surface area contributed by atoms with Crippen molar-refractivity contribution in [3.8, 4) is 11.5 Å². The molecule has 3 aromatic carbocycles. The number of amides is 1. The summed E-state index contributed by atoms with van der Waals surface area (Å²) in [4.78, 5) is 25.0. The van der Waals surface area contributed by atoms with Crippen LogP contribution in [-0.2, 0) is 4.79 Å². The lowest BCUT2D eigenvalue weighted by Gasteiger charge is -2.09. The molecule has 0 aliphatic carbocycles. The van der Waals surface area contributed by atoms with Gasteiger partial charge in [-0.1, -0.05) is 18.2 Å². The molecule has 0 aliphatic heterocycles. The molecule has 146 valence electrons. The highest BCUT2D eigenvalue weighted by atomic mass is 16.5.